The molecule has 2 saturated heterocycles. The van der Waals surface area contributed by atoms with Crippen molar-refractivity contribution in [3.05, 3.63) is 54.1 Å². The van der Waals surface area contributed by atoms with Gasteiger partial charge in [0.2, 0.25) is 0 Å². The van der Waals surface area contributed by atoms with Crippen molar-refractivity contribution in [1.29, 1.82) is 0 Å². The van der Waals surface area contributed by atoms with E-state index in [0.29, 0.717) is 23.5 Å². The summed E-state index contributed by atoms with van der Waals surface area (Å²) in [6.45, 7) is 2.20. The molecular formula is C23H24FN7O2. The second-order valence-corrected chi connectivity index (χ2v) is 8.61. The Kier molecular flexibility index (Phi) is 4.94. The summed E-state index contributed by atoms with van der Waals surface area (Å²) in [5, 5.41) is 23.9. The number of ether oxygens (including phenoxy) is 1. The number of fused-ring (bicyclic) bond motifs is 1. The highest BCUT2D eigenvalue weighted by Gasteiger charge is 2.30. The van der Waals surface area contributed by atoms with Gasteiger partial charge < -0.3 is 14.7 Å². The van der Waals surface area contributed by atoms with Gasteiger partial charge in [0.15, 0.2) is 5.65 Å². The Hall–Kier alpha value is -3.53. The minimum atomic E-state index is -0.360. The average molecular weight is 449 g/mol. The molecule has 1 aromatic carbocycles. The molecule has 3 aromatic heterocycles. The summed E-state index contributed by atoms with van der Waals surface area (Å²) in [5.74, 6) is 0.475. The van der Waals surface area contributed by atoms with Crippen molar-refractivity contribution in [3.8, 4) is 17.1 Å². The monoisotopic (exact) mass is 449 g/mol. The van der Waals surface area contributed by atoms with Crippen molar-refractivity contribution in [1.82, 2.24) is 29.6 Å². The van der Waals surface area contributed by atoms with E-state index in [1.165, 1.54) is 18.2 Å². The quantitative estimate of drug-likeness (QED) is 0.509. The maximum atomic E-state index is 13.9. The molecule has 1 N–H and O–H groups in total. The highest BCUT2D eigenvalue weighted by atomic mass is 19.1. The molecule has 2 fully saturated rings. The van der Waals surface area contributed by atoms with Crippen LogP contribution in [0.25, 0.3) is 17.0 Å². The van der Waals surface area contributed by atoms with Crippen LogP contribution >= 0.6 is 0 Å². The van der Waals surface area contributed by atoms with E-state index in [-0.39, 0.29) is 23.7 Å². The van der Waals surface area contributed by atoms with Gasteiger partial charge in [0.1, 0.15) is 28.8 Å². The van der Waals surface area contributed by atoms with Crippen LogP contribution < -0.4 is 4.90 Å². The van der Waals surface area contributed by atoms with Crippen LogP contribution in [-0.2, 0) is 4.74 Å². The number of halogens is 1. The van der Waals surface area contributed by atoms with Crippen LogP contribution in [0.3, 0.4) is 0 Å². The van der Waals surface area contributed by atoms with Crippen molar-refractivity contribution in [3.63, 3.8) is 0 Å². The SMILES string of the molecule is Oc1ccc(F)cc1[C@H]1CCCN1c1ccc2ncc(-c3cn([C@H]4CCCOC4)nn3)n2n1. The molecule has 2 aliphatic rings. The van der Waals surface area contributed by atoms with Crippen molar-refractivity contribution in [2.75, 3.05) is 24.7 Å². The first kappa shape index (κ1) is 20.1. The topological polar surface area (TPSA) is 93.6 Å². The first-order valence-electron chi connectivity index (χ1n) is 11.3. The van der Waals surface area contributed by atoms with E-state index in [1.807, 2.05) is 23.0 Å². The molecule has 5 heterocycles. The van der Waals surface area contributed by atoms with Crippen LogP contribution in [0.2, 0.25) is 0 Å². The van der Waals surface area contributed by atoms with Crippen molar-refractivity contribution >= 4 is 11.5 Å². The molecule has 2 aliphatic heterocycles. The predicted octanol–water partition coefficient (Wildman–Crippen LogP) is 3.53. The van der Waals surface area contributed by atoms with E-state index in [9.17, 15) is 9.50 Å². The number of rotatable bonds is 4. The maximum Gasteiger partial charge on any atom is 0.154 e. The van der Waals surface area contributed by atoms with Crippen LogP contribution in [0.1, 0.15) is 43.3 Å². The molecule has 170 valence electrons. The number of aromatic nitrogens is 6. The van der Waals surface area contributed by atoms with Gasteiger partial charge in [-0.2, -0.15) is 0 Å². The normalized spacial score (nSPS) is 21.2. The first-order chi connectivity index (χ1) is 16.2. The number of phenolic OH excluding ortho intramolecular Hbond substituents is 1. The third kappa shape index (κ3) is 3.60. The Morgan fingerprint density at radius 3 is 2.94 bits per heavy atom. The molecule has 9 nitrogen and oxygen atoms in total. The van der Waals surface area contributed by atoms with E-state index in [0.717, 1.165) is 50.3 Å². The number of phenols is 1. The summed E-state index contributed by atoms with van der Waals surface area (Å²) in [4.78, 5) is 6.58. The summed E-state index contributed by atoms with van der Waals surface area (Å²) in [5.41, 5.74) is 2.73. The molecule has 0 saturated carbocycles. The van der Waals surface area contributed by atoms with Gasteiger partial charge in [-0.15, -0.1) is 10.2 Å². The summed E-state index contributed by atoms with van der Waals surface area (Å²) in [6, 6.07) is 7.95. The number of benzene rings is 1. The van der Waals surface area contributed by atoms with Crippen molar-refractivity contribution < 1.29 is 14.2 Å². The Bertz CT molecular complexity index is 1300. The predicted molar refractivity (Wildman–Crippen MR) is 118 cm³/mol. The van der Waals surface area contributed by atoms with Gasteiger partial charge in [-0.1, -0.05) is 5.21 Å². The fraction of sp³-hybridized carbons (Fsp3) is 0.391. The maximum absolute atomic E-state index is 13.9. The Morgan fingerprint density at radius 1 is 1.12 bits per heavy atom. The third-order valence-corrected chi connectivity index (χ3v) is 6.53. The lowest BCUT2D eigenvalue weighted by Gasteiger charge is -2.26. The molecule has 0 bridgehead atoms. The molecule has 10 heteroatoms. The first-order valence-corrected chi connectivity index (χ1v) is 11.3. The van der Waals surface area contributed by atoms with Crippen LogP contribution in [0.5, 0.6) is 5.75 Å². The molecule has 2 atom stereocenters. The van der Waals surface area contributed by atoms with E-state index in [2.05, 4.69) is 20.2 Å². The van der Waals surface area contributed by atoms with Crippen LogP contribution in [-0.4, -0.2) is 54.5 Å². The van der Waals surface area contributed by atoms with Gasteiger partial charge in [0, 0.05) is 18.7 Å². The van der Waals surface area contributed by atoms with Crippen molar-refractivity contribution in [2.24, 2.45) is 0 Å². The highest BCUT2D eigenvalue weighted by Crippen LogP contribution is 2.39. The largest absolute Gasteiger partial charge is 0.508 e. The zero-order valence-corrected chi connectivity index (χ0v) is 18.0. The van der Waals surface area contributed by atoms with E-state index in [4.69, 9.17) is 9.84 Å². The zero-order chi connectivity index (χ0) is 22.4. The Morgan fingerprint density at radius 2 is 2.06 bits per heavy atom. The van der Waals surface area contributed by atoms with Crippen LogP contribution in [0.15, 0.2) is 42.7 Å². The summed E-state index contributed by atoms with van der Waals surface area (Å²) in [7, 11) is 0. The van der Waals surface area contributed by atoms with E-state index < -0.39 is 0 Å². The van der Waals surface area contributed by atoms with Crippen LogP contribution in [0, 0.1) is 5.82 Å². The standard InChI is InChI=1S/C23H24FN7O2/c24-15-5-6-21(32)17(11-15)19-4-1-9-29(19)23-8-7-22-25-12-20(31(22)27-23)18-13-30(28-26-18)16-3-2-10-33-14-16/h5-8,11-13,16,19,32H,1-4,9-10,14H2/t16-,19+/m0/s1. The lowest BCUT2D eigenvalue weighted by atomic mass is 10.0. The third-order valence-electron chi connectivity index (χ3n) is 6.53. The second-order valence-electron chi connectivity index (χ2n) is 8.61. The smallest absolute Gasteiger partial charge is 0.154 e. The molecule has 6 rings (SSSR count). The molecule has 0 amide bonds. The lowest BCUT2D eigenvalue weighted by Crippen LogP contribution is -2.24. The molecular weight excluding hydrogens is 425 g/mol. The minimum Gasteiger partial charge on any atom is -0.508 e. The van der Waals surface area contributed by atoms with Gasteiger partial charge in [0.05, 0.1) is 31.1 Å². The van der Waals surface area contributed by atoms with Gasteiger partial charge in [-0.25, -0.2) is 18.6 Å². The Balaban J connectivity index is 1.34. The zero-order valence-electron chi connectivity index (χ0n) is 18.0. The molecule has 0 unspecified atom stereocenters. The number of imidazole rings is 1. The fourth-order valence-corrected chi connectivity index (χ4v) is 4.85. The summed E-state index contributed by atoms with van der Waals surface area (Å²) >= 11 is 0. The average Bonchev–Trinajstić information content (AvgIpc) is 3.60. The summed E-state index contributed by atoms with van der Waals surface area (Å²) in [6.07, 6.45) is 7.43. The Labute approximate surface area is 189 Å². The van der Waals surface area contributed by atoms with Gasteiger partial charge in [0.25, 0.3) is 0 Å². The van der Waals surface area contributed by atoms with Gasteiger partial charge >= 0.3 is 0 Å². The molecule has 4 aromatic rings. The highest BCUT2D eigenvalue weighted by molar-refractivity contribution is 5.60. The fourth-order valence-electron chi connectivity index (χ4n) is 4.85. The minimum absolute atomic E-state index is 0.0982. The van der Waals surface area contributed by atoms with Crippen LogP contribution in [0.4, 0.5) is 10.2 Å². The molecule has 0 aliphatic carbocycles. The van der Waals surface area contributed by atoms with E-state index in [1.54, 1.807) is 10.7 Å². The molecule has 0 spiro atoms. The van der Waals surface area contributed by atoms with Crippen molar-refractivity contribution in [2.45, 2.75) is 37.8 Å². The second kappa shape index (κ2) is 8.11. The van der Waals surface area contributed by atoms with Gasteiger partial charge in [-0.3, -0.25) is 0 Å². The number of aromatic hydroxyl groups is 1. The number of hydrogen-bond donors (Lipinski definition) is 1. The number of hydrogen-bond acceptors (Lipinski definition) is 7. The van der Waals surface area contributed by atoms with E-state index >= 15 is 0 Å². The lowest BCUT2D eigenvalue weighted by molar-refractivity contribution is 0.0543. The van der Waals surface area contributed by atoms with Gasteiger partial charge in [-0.05, 0) is 56.0 Å². The number of anilines is 1. The molecule has 33 heavy (non-hydrogen) atoms. The molecule has 0 radical (unpaired) electrons. The summed E-state index contributed by atoms with van der Waals surface area (Å²) < 4.78 is 23.1. The number of nitrogens with zero attached hydrogens (tertiary/aromatic N) is 7.